The van der Waals surface area contributed by atoms with Crippen molar-refractivity contribution in [3.05, 3.63) is 0 Å². The number of amides is 10. The zero-order valence-electron chi connectivity index (χ0n) is 17.6. The maximum absolute atomic E-state index is 10.6. The van der Waals surface area contributed by atoms with Gasteiger partial charge < -0.3 is 58.0 Å². The normalized spacial score (nSPS) is 9.73. The fourth-order valence-electron chi connectivity index (χ4n) is 0.929. The van der Waals surface area contributed by atoms with Gasteiger partial charge in [0.2, 0.25) is 11.8 Å². The Morgan fingerprint density at radius 3 is 1.06 bits per heavy atom. The van der Waals surface area contributed by atoms with Crippen LogP contribution in [-0.4, -0.2) is 115 Å². The predicted octanol–water partition coefficient (Wildman–Crippen LogP) is -4.32. The van der Waals surface area contributed by atoms with E-state index in [2.05, 4.69) is 0 Å². The van der Waals surface area contributed by atoms with Gasteiger partial charge in [-0.25, -0.2) is 0 Å². The largest absolute Gasteiger partial charge is 0.639 e. The first kappa shape index (κ1) is 41.2. The molecule has 178 valence electrons. The Bertz CT molecular complexity index is 589. The molecule has 0 N–H and O–H groups in total. The zero-order chi connectivity index (χ0) is 24.8. The van der Waals surface area contributed by atoms with Gasteiger partial charge in [-0.1, -0.05) is 6.92 Å². The van der Waals surface area contributed by atoms with Crippen molar-refractivity contribution in [2.24, 2.45) is 0 Å². The molecule has 1 saturated heterocycles. The molecule has 15 nitrogen and oxygen atoms in total. The quantitative estimate of drug-likeness (QED) is 0.0953. The van der Waals surface area contributed by atoms with E-state index in [1.54, 1.807) is 6.92 Å². The van der Waals surface area contributed by atoms with Crippen LogP contribution < -0.4 is 0 Å². The number of carbonyl (C=O) groups excluding carboxylic acids is 10. The minimum atomic E-state index is -0.407. The fraction of sp³-hybridized carbons (Fsp3) is 0.375. The SMILES string of the molecule is CCN([C-]=O)[C-]=O.CN([C-]=O)[C-]=O.CN([C-]=O)[C-]=O.O=[C-]N([C-]=O)CN1C(=O)CC1=O.[Y].[Y]. The first-order valence-electron chi connectivity index (χ1n) is 7.53. The summed E-state index contributed by atoms with van der Waals surface area (Å²) in [7, 11) is 2.53. The molecule has 1 fully saturated rings. The van der Waals surface area contributed by atoms with Crippen molar-refractivity contribution in [2.75, 3.05) is 27.3 Å². The molecule has 2 radical (unpaired) electrons. The average molecular weight is 615 g/mol. The second-order valence-electron chi connectivity index (χ2n) is 4.55. The van der Waals surface area contributed by atoms with Crippen LogP contribution in [0.3, 0.4) is 0 Å². The van der Waals surface area contributed by atoms with Crippen LogP contribution in [0, 0.1) is 0 Å². The van der Waals surface area contributed by atoms with Gasteiger partial charge in [0.25, 0.3) is 0 Å². The summed E-state index contributed by atoms with van der Waals surface area (Å²) in [6.07, 6.45) is 10.1. The van der Waals surface area contributed by atoms with E-state index in [4.69, 9.17) is 0 Å². The van der Waals surface area contributed by atoms with E-state index in [9.17, 15) is 47.9 Å². The van der Waals surface area contributed by atoms with Gasteiger partial charge >= 0.3 is 0 Å². The van der Waals surface area contributed by atoms with Crippen LogP contribution in [0.25, 0.3) is 0 Å². The van der Waals surface area contributed by atoms with E-state index in [1.807, 2.05) is 0 Å². The fourth-order valence-corrected chi connectivity index (χ4v) is 0.929. The van der Waals surface area contributed by atoms with E-state index in [-0.39, 0.29) is 78.5 Å². The Morgan fingerprint density at radius 2 is 0.939 bits per heavy atom. The monoisotopic (exact) mass is 615 g/mol. The maximum atomic E-state index is 10.6. The number of hydrogen-bond acceptors (Lipinski definition) is 10. The van der Waals surface area contributed by atoms with Gasteiger partial charge in [0, 0.05) is 65.4 Å². The molecule has 0 atom stereocenters. The third-order valence-corrected chi connectivity index (χ3v) is 2.49. The van der Waals surface area contributed by atoms with Crippen LogP contribution in [0.5, 0.6) is 0 Å². The van der Waals surface area contributed by atoms with Crippen molar-refractivity contribution in [3.8, 4) is 0 Å². The molecule has 33 heavy (non-hydrogen) atoms. The van der Waals surface area contributed by atoms with Gasteiger partial charge in [-0.05, 0) is 20.6 Å². The molecule has 0 saturated carbocycles. The minimum Gasteiger partial charge on any atom is -0.639 e. The smallest absolute Gasteiger partial charge is 0.239 e. The average Bonchev–Trinajstić information content (AvgIpc) is 2.81. The second-order valence-corrected chi connectivity index (χ2v) is 4.55. The molecule has 0 aliphatic carbocycles. The number of likely N-dealkylation sites (tertiary alicyclic amines) is 1. The second kappa shape index (κ2) is 27.9. The predicted molar refractivity (Wildman–Crippen MR) is 96.6 cm³/mol. The minimum absolute atomic E-state index is 0. The standard InChI is InChI=1S/C6H4N2O4.C4H5NO2.2C3H3NO2.2Y/c9-3-7(4-10)2-8-5(11)1-6(8)12;1-2-5(3-6)4-7;2*1-4(2-5)3-6;;/h1-2H2;2H2,1H3;2*1H3;;/q4*-2;;. The third-order valence-electron chi connectivity index (χ3n) is 2.49. The Kier molecular flexibility index (Phi) is 34.9. The molecule has 1 aliphatic heterocycles. The summed E-state index contributed by atoms with van der Waals surface area (Å²) < 4.78 is 0. The van der Waals surface area contributed by atoms with E-state index in [0.29, 0.717) is 21.2 Å². The molecular weight excluding hydrogens is 600 g/mol. The van der Waals surface area contributed by atoms with Crippen LogP contribution >= 0.6 is 0 Å². The molecule has 0 spiro atoms. The molecule has 17 heteroatoms. The van der Waals surface area contributed by atoms with E-state index in [0.717, 1.165) is 9.80 Å². The third kappa shape index (κ3) is 22.9. The number of β-lactam (4-membered cyclic amide) rings is 2. The zero-order valence-corrected chi connectivity index (χ0v) is 23.3. The molecule has 1 rings (SSSR count). The molecular formula is C16H15N5O10Y2-8. The van der Waals surface area contributed by atoms with Gasteiger partial charge in [0.15, 0.2) is 0 Å². The summed E-state index contributed by atoms with van der Waals surface area (Å²) in [6, 6.07) is 0. The van der Waals surface area contributed by atoms with Gasteiger partial charge in [-0.15, -0.1) is 0 Å². The topological polar surface area (TPSA) is 187 Å². The number of carbonyl (C=O) groups is 2. The van der Waals surface area contributed by atoms with Crippen LogP contribution in [0.2, 0.25) is 0 Å². The van der Waals surface area contributed by atoms with Gasteiger partial charge in [-0.3, -0.25) is 14.5 Å². The molecule has 0 unspecified atom stereocenters. The maximum Gasteiger partial charge on any atom is 0.239 e. The Morgan fingerprint density at radius 1 is 0.636 bits per heavy atom. The molecule has 0 bridgehead atoms. The van der Waals surface area contributed by atoms with Crippen LogP contribution in [-0.2, 0) is 113 Å². The Labute approximate surface area is 239 Å². The van der Waals surface area contributed by atoms with Crippen LogP contribution in [0.15, 0.2) is 0 Å². The molecule has 1 heterocycles. The van der Waals surface area contributed by atoms with Crippen molar-refractivity contribution < 1.29 is 113 Å². The van der Waals surface area contributed by atoms with Crippen molar-refractivity contribution in [1.82, 2.24) is 24.5 Å². The summed E-state index contributed by atoms with van der Waals surface area (Å²) in [5, 5.41) is 0. The van der Waals surface area contributed by atoms with Crippen LogP contribution in [0.4, 0.5) is 0 Å². The Hall–Kier alpha value is -2.09. The molecule has 0 aromatic heterocycles. The number of rotatable bonds is 11. The summed E-state index contributed by atoms with van der Waals surface area (Å²) in [6.45, 7) is 1.62. The number of imide groups is 5. The van der Waals surface area contributed by atoms with Gasteiger partial charge in [-0.2, -0.15) is 51.3 Å². The summed E-state index contributed by atoms with van der Waals surface area (Å²) in [5.41, 5.74) is 0. The Balaban J connectivity index is -0.000000109. The summed E-state index contributed by atoms with van der Waals surface area (Å²) in [4.78, 5) is 100. The summed E-state index contributed by atoms with van der Waals surface area (Å²) >= 11 is 0. The molecule has 0 aromatic carbocycles. The van der Waals surface area contributed by atoms with Gasteiger partial charge in [0.1, 0.15) is 6.42 Å². The number of nitrogens with zero attached hydrogens (tertiary/aromatic N) is 5. The van der Waals surface area contributed by atoms with E-state index < -0.39 is 11.8 Å². The first-order chi connectivity index (χ1) is 14.6. The first-order valence-corrected chi connectivity index (χ1v) is 7.53. The number of hydrogen-bond donors (Lipinski definition) is 0. The van der Waals surface area contributed by atoms with Crippen LogP contribution in [0.1, 0.15) is 13.3 Å². The van der Waals surface area contributed by atoms with Crippen molar-refractivity contribution in [2.45, 2.75) is 13.3 Å². The van der Waals surface area contributed by atoms with Crippen molar-refractivity contribution >= 4 is 63.1 Å². The molecule has 0 aromatic rings. The van der Waals surface area contributed by atoms with E-state index in [1.165, 1.54) is 65.4 Å². The van der Waals surface area contributed by atoms with Crippen molar-refractivity contribution in [3.63, 3.8) is 0 Å². The molecule has 10 amide bonds. The van der Waals surface area contributed by atoms with Crippen molar-refractivity contribution in [1.29, 1.82) is 0 Å². The van der Waals surface area contributed by atoms with E-state index >= 15 is 0 Å². The molecule has 1 aliphatic rings. The van der Waals surface area contributed by atoms with Gasteiger partial charge in [0.05, 0.1) is 6.67 Å². The summed E-state index contributed by atoms with van der Waals surface area (Å²) in [5.74, 6) is -0.814.